The zero-order chi connectivity index (χ0) is 6.97. The molecule has 1 saturated carbocycles. The Morgan fingerprint density at radius 1 is 1.50 bits per heavy atom. The number of benzene rings is 1. The van der Waals surface area contributed by atoms with Crippen LogP contribution in [-0.2, 0) is 0 Å². The van der Waals surface area contributed by atoms with E-state index in [1.165, 1.54) is 22.9 Å². The van der Waals surface area contributed by atoms with E-state index in [9.17, 15) is 0 Å². The molecule has 0 spiro atoms. The van der Waals surface area contributed by atoms with Crippen molar-refractivity contribution in [3.05, 3.63) is 34.3 Å². The van der Waals surface area contributed by atoms with Crippen molar-refractivity contribution in [2.24, 2.45) is 0 Å². The first kappa shape index (κ1) is 6.41. The molecule has 0 aromatic heterocycles. The molecule has 0 bridgehead atoms. The van der Waals surface area contributed by atoms with E-state index in [4.69, 9.17) is 0 Å². The van der Waals surface area contributed by atoms with Gasteiger partial charge in [-0.1, -0.05) is 28.1 Å². The van der Waals surface area contributed by atoms with Gasteiger partial charge in [-0.05, 0) is 36.5 Å². The van der Waals surface area contributed by atoms with Gasteiger partial charge in [-0.25, -0.2) is 0 Å². The Hall–Kier alpha value is -0.300. The number of rotatable bonds is 1. The fraction of sp³-hybridized carbons (Fsp3) is 0.333. The minimum absolute atomic E-state index is 0.801. The van der Waals surface area contributed by atoms with Crippen molar-refractivity contribution in [1.29, 1.82) is 0 Å². The first-order valence-corrected chi connectivity index (χ1v) is 4.33. The van der Waals surface area contributed by atoms with Gasteiger partial charge in [0.2, 0.25) is 0 Å². The summed E-state index contributed by atoms with van der Waals surface area (Å²) in [5, 5.41) is 0. The predicted octanol–water partition coefficient (Wildman–Crippen LogP) is 3.13. The van der Waals surface area contributed by atoms with Crippen molar-refractivity contribution < 1.29 is 0 Å². The summed E-state index contributed by atoms with van der Waals surface area (Å²) in [6.07, 6.45) is 2.69. The maximum absolute atomic E-state index is 3.51. The molecule has 0 atom stereocenters. The summed E-state index contributed by atoms with van der Waals surface area (Å²) in [7, 11) is 0. The lowest BCUT2D eigenvalue weighted by molar-refractivity contribution is 1.11. The summed E-state index contributed by atoms with van der Waals surface area (Å²) in [4.78, 5) is 0. The maximum Gasteiger partial charge on any atom is 0.0216 e. The van der Waals surface area contributed by atoms with Gasteiger partial charge in [-0.2, -0.15) is 0 Å². The lowest BCUT2D eigenvalue weighted by Crippen LogP contribution is -1.79. The third-order valence-corrected chi connectivity index (χ3v) is 2.51. The lowest BCUT2D eigenvalue weighted by Gasteiger charge is -1.98. The molecule has 1 aliphatic carbocycles. The summed E-state index contributed by atoms with van der Waals surface area (Å²) in [5.41, 5.74) is 1.36. The summed E-state index contributed by atoms with van der Waals surface area (Å²) < 4.78 is 1.22. The quantitative estimate of drug-likeness (QED) is 0.647. The minimum atomic E-state index is 0.801. The molecule has 0 nitrogen and oxygen atoms in total. The van der Waals surface area contributed by atoms with Gasteiger partial charge in [0.15, 0.2) is 0 Å². The van der Waals surface area contributed by atoms with E-state index in [1.807, 2.05) is 12.1 Å². The second-order valence-corrected chi connectivity index (χ2v) is 3.56. The van der Waals surface area contributed by atoms with Crippen LogP contribution in [0.15, 0.2) is 22.7 Å². The first-order chi connectivity index (χ1) is 4.88. The highest BCUT2D eigenvalue weighted by atomic mass is 79.9. The zero-order valence-electron chi connectivity index (χ0n) is 5.60. The molecule has 1 aromatic rings. The molecule has 2 rings (SSSR count). The molecule has 0 N–H and O–H groups in total. The van der Waals surface area contributed by atoms with Crippen LogP contribution in [0.5, 0.6) is 0 Å². The average molecular weight is 196 g/mol. The molecule has 51 valence electrons. The zero-order valence-corrected chi connectivity index (χ0v) is 7.19. The van der Waals surface area contributed by atoms with Crippen molar-refractivity contribution >= 4 is 15.9 Å². The molecule has 1 radical (unpaired) electrons. The number of hydrogen-bond acceptors (Lipinski definition) is 0. The van der Waals surface area contributed by atoms with E-state index >= 15 is 0 Å². The fourth-order valence-electron chi connectivity index (χ4n) is 1.11. The van der Waals surface area contributed by atoms with Crippen molar-refractivity contribution in [1.82, 2.24) is 0 Å². The Labute approximate surface area is 69.4 Å². The summed E-state index contributed by atoms with van der Waals surface area (Å²) in [6, 6.07) is 9.33. The van der Waals surface area contributed by atoms with Crippen LogP contribution in [0.1, 0.15) is 24.3 Å². The van der Waals surface area contributed by atoms with Crippen LogP contribution in [0.4, 0.5) is 0 Å². The minimum Gasteiger partial charge on any atom is -0.0605 e. The fourth-order valence-corrected chi connectivity index (χ4v) is 1.70. The van der Waals surface area contributed by atoms with E-state index in [0.29, 0.717) is 0 Å². The van der Waals surface area contributed by atoms with E-state index in [2.05, 4.69) is 28.1 Å². The largest absolute Gasteiger partial charge is 0.0605 e. The SMILES string of the molecule is Brc1ccc[c]c1C1CC1. The first-order valence-electron chi connectivity index (χ1n) is 3.54. The highest BCUT2D eigenvalue weighted by Gasteiger charge is 2.24. The third kappa shape index (κ3) is 1.10. The van der Waals surface area contributed by atoms with Crippen molar-refractivity contribution in [2.75, 3.05) is 0 Å². The van der Waals surface area contributed by atoms with Crippen LogP contribution in [0, 0.1) is 6.07 Å². The Bertz CT molecular complexity index is 238. The average Bonchev–Trinajstić information content (AvgIpc) is 2.71. The van der Waals surface area contributed by atoms with Crippen LogP contribution in [-0.4, -0.2) is 0 Å². The number of hydrogen-bond donors (Lipinski definition) is 0. The van der Waals surface area contributed by atoms with Gasteiger partial charge in [-0.15, -0.1) is 0 Å². The van der Waals surface area contributed by atoms with Crippen molar-refractivity contribution in [3.63, 3.8) is 0 Å². The molecular weight excluding hydrogens is 188 g/mol. The topological polar surface area (TPSA) is 0 Å². The van der Waals surface area contributed by atoms with Crippen LogP contribution >= 0.6 is 15.9 Å². The van der Waals surface area contributed by atoms with Gasteiger partial charge in [0, 0.05) is 4.47 Å². The second kappa shape index (κ2) is 2.39. The molecule has 0 amide bonds. The second-order valence-electron chi connectivity index (χ2n) is 2.71. The molecule has 0 aliphatic heterocycles. The van der Waals surface area contributed by atoms with E-state index in [1.54, 1.807) is 0 Å². The molecular formula is C9H8Br. The normalized spacial score (nSPS) is 17.3. The van der Waals surface area contributed by atoms with Crippen LogP contribution in [0.25, 0.3) is 0 Å². The van der Waals surface area contributed by atoms with Crippen LogP contribution in [0.2, 0.25) is 0 Å². The molecule has 1 aliphatic rings. The molecule has 1 aromatic carbocycles. The number of halogens is 1. The third-order valence-electron chi connectivity index (χ3n) is 1.82. The van der Waals surface area contributed by atoms with Gasteiger partial charge in [-0.3, -0.25) is 0 Å². The molecule has 1 heteroatoms. The summed E-state index contributed by atoms with van der Waals surface area (Å²) in [5.74, 6) is 0.801. The maximum atomic E-state index is 3.51. The highest BCUT2D eigenvalue weighted by Crippen LogP contribution is 2.42. The van der Waals surface area contributed by atoms with E-state index in [0.717, 1.165) is 5.92 Å². The molecule has 0 saturated heterocycles. The Balaban J connectivity index is 2.39. The van der Waals surface area contributed by atoms with E-state index in [-0.39, 0.29) is 0 Å². The molecule has 1 fully saturated rings. The molecule has 0 unspecified atom stereocenters. The summed E-state index contributed by atoms with van der Waals surface area (Å²) in [6.45, 7) is 0. The Morgan fingerprint density at radius 3 is 2.90 bits per heavy atom. The van der Waals surface area contributed by atoms with Gasteiger partial charge in [0.1, 0.15) is 0 Å². The van der Waals surface area contributed by atoms with E-state index < -0.39 is 0 Å². The van der Waals surface area contributed by atoms with Crippen LogP contribution in [0.3, 0.4) is 0 Å². The standard InChI is InChI=1S/C9H8Br/c10-9-4-2-1-3-8(9)7-5-6-7/h1-2,4,7H,5-6H2. The van der Waals surface area contributed by atoms with Gasteiger partial charge < -0.3 is 0 Å². The van der Waals surface area contributed by atoms with Crippen LogP contribution < -0.4 is 0 Å². The molecule has 10 heavy (non-hydrogen) atoms. The van der Waals surface area contributed by atoms with Gasteiger partial charge >= 0.3 is 0 Å². The predicted molar refractivity (Wildman–Crippen MR) is 45.0 cm³/mol. The lowest BCUT2D eigenvalue weighted by atomic mass is 10.1. The van der Waals surface area contributed by atoms with Crippen molar-refractivity contribution in [2.45, 2.75) is 18.8 Å². The summed E-state index contributed by atoms with van der Waals surface area (Å²) >= 11 is 3.51. The highest BCUT2D eigenvalue weighted by molar-refractivity contribution is 9.10. The van der Waals surface area contributed by atoms with Gasteiger partial charge in [0.25, 0.3) is 0 Å². The Morgan fingerprint density at radius 2 is 2.30 bits per heavy atom. The van der Waals surface area contributed by atoms with Gasteiger partial charge in [0.05, 0.1) is 0 Å². The smallest absolute Gasteiger partial charge is 0.0216 e. The monoisotopic (exact) mass is 195 g/mol. The van der Waals surface area contributed by atoms with Crippen molar-refractivity contribution in [3.8, 4) is 0 Å². The Kier molecular flexibility index (Phi) is 1.53. The molecule has 0 heterocycles.